The summed E-state index contributed by atoms with van der Waals surface area (Å²) in [5, 5.41) is 0. The third kappa shape index (κ3) is 4.53. The average Bonchev–Trinajstić information content (AvgIpc) is 2.61. The van der Waals surface area contributed by atoms with E-state index in [1.807, 2.05) is 24.3 Å². The molecule has 0 bridgehead atoms. The summed E-state index contributed by atoms with van der Waals surface area (Å²) in [5.74, 6) is 1.78. The number of allylic oxidation sites excluding steroid dienone is 1. The largest absolute Gasteiger partial charge is 0.618 e. The van der Waals surface area contributed by atoms with Crippen LogP contribution in [0.2, 0.25) is 0 Å². The van der Waals surface area contributed by atoms with Gasteiger partial charge in [-0.2, -0.15) is 0 Å². The van der Waals surface area contributed by atoms with Crippen molar-refractivity contribution in [1.82, 2.24) is 0 Å². The SMILES string of the molecule is CC(C)(C)CC(C)(C)c1ccc(C2=CC(c3ccccc3)=[O+][SiH-]O2)cc1. The number of ketones is 1. The van der Waals surface area contributed by atoms with Crippen molar-refractivity contribution in [3.05, 3.63) is 77.4 Å². The lowest BCUT2D eigenvalue weighted by molar-refractivity contribution is -0.101. The van der Waals surface area contributed by atoms with Gasteiger partial charge in [0.1, 0.15) is 0 Å². The molecule has 0 fully saturated rings. The molecule has 3 heteroatoms. The smallest absolute Gasteiger partial charge is 0.440 e. The third-order valence-electron chi connectivity index (χ3n) is 4.59. The minimum absolute atomic E-state index is 0.147. The molecule has 2 aromatic rings. The van der Waals surface area contributed by atoms with E-state index in [0.717, 1.165) is 29.1 Å². The molecule has 0 saturated heterocycles. The molecule has 1 aliphatic heterocycles. The Balaban J connectivity index is 1.83. The molecule has 26 heavy (non-hydrogen) atoms. The molecule has 0 unspecified atom stereocenters. The number of benzene rings is 2. The van der Waals surface area contributed by atoms with E-state index in [-0.39, 0.29) is 5.41 Å². The first-order chi connectivity index (χ1) is 12.2. The second kappa shape index (κ2) is 7.24. The van der Waals surface area contributed by atoms with Gasteiger partial charge < -0.3 is 8.54 Å². The van der Waals surface area contributed by atoms with Crippen molar-refractivity contribution in [2.24, 2.45) is 5.41 Å². The van der Waals surface area contributed by atoms with Crippen LogP contribution in [0.3, 0.4) is 0 Å². The molecule has 136 valence electrons. The van der Waals surface area contributed by atoms with Crippen LogP contribution in [0.4, 0.5) is 0 Å². The van der Waals surface area contributed by atoms with Gasteiger partial charge in [-0.1, -0.05) is 77.1 Å². The fourth-order valence-corrected chi connectivity index (χ4v) is 4.40. The molecule has 0 N–H and O–H groups in total. The first kappa shape index (κ1) is 18.7. The van der Waals surface area contributed by atoms with Crippen molar-refractivity contribution in [3.8, 4) is 0 Å². The maximum atomic E-state index is 5.82. The van der Waals surface area contributed by atoms with Crippen LogP contribution in [0.1, 0.15) is 61.8 Å². The van der Waals surface area contributed by atoms with E-state index in [9.17, 15) is 0 Å². The summed E-state index contributed by atoms with van der Waals surface area (Å²) in [6.07, 6.45) is 3.14. The Hall–Kier alpha value is -2.13. The molecule has 0 aromatic heterocycles. The van der Waals surface area contributed by atoms with Crippen LogP contribution < -0.4 is 0 Å². The van der Waals surface area contributed by atoms with Crippen LogP contribution in [0.15, 0.2) is 60.7 Å². The lowest BCUT2D eigenvalue weighted by atomic mass is 9.72. The highest BCUT2D eigenvalue weighted by atomic mass is 28.2. The van der Waals surface area contributed by atoms with Crippen molar-refractivity contribution in [2.75, 3.05) is 0 Å². The van der Waals surface area contributed by atoms with Gasteiger partial charge in [0.05, 0.1) is 17.4 Å². The summed E-state index contributed by atoms with van der Waals surface area (Å²) >= 11 is 0. The van der Waals surface area contributed by atoms with E-state index in [2.05, 4.69) is 71.0 Å². The highest BCUT2D eigenvalue weighted by Gasteiger charge is 2.27. The molecule has 0 saturated carbocycles. The quantitative estimate of drug-likeness (QED) is 0.521. The maximum Gasteiger partial charge on any atom is 0.440 e. The average molecular weight is 365 g/mol. The molecule has 0 atom stereocenters. The molecule has 1 aliphatic rings. The summed E-state index contributed by atoms with van der Waals surface area (Å²) in [5.41, 5.74) is 4.00. The van der Waals surface area contributed by atoms with Crippen molar-refractivity contribution in [3.63, 3.8) is 0 Å². The summed E-state index contributed by atoms with van der Waals surface area (Å²) in [6, 6.07) is 19.0. The zero-order chi connectivity index (χ0) is 18.8. The number of rotatable bonds is 4. The second-order valence-corrected chi connectivity index (χ2v) is 9.43. The molecule has 0 spiro atoms. The van der Waals surface area contributed by atoms with Crippen LogP contribution in [0, 0.1) is 5.41 Å². The molecule has 3 rings (SSSR count). The van der Waals surface area contributed by atoms with Crippen molar-refractivity contribution < 1.29 is 8.54 Å². The molecule has 1 heterocycles. The second-order valence-electron chi connectivity index (χ2n) is 8.77. The van der Waals surface area contributed by atoms with Crippen molar-refractivity contribution >= 4 is 21.5 Å². The van der Waals surface area contributed by atoms with Gasteiger partial charge in [-0.15, -0.1) is 0 Å². The predicted octanol–water partition coefficient (Wildman–Crippen LogP) is 5.46. The minimum atomic E-state index is -0.526. The van der Waals surface area contributed by atoms with E-state index >= 15 is 0 Å². The van der Waals surface area contributed by atoms with Gasteiger partial charge in [-0.3, -0.25) is 0 Å². The Morgan fingerprint density at radius 3 is 2.12 bits per heavy atom. The monoisotopic (exact) mass is 364 g/mol. The zero-order valence-corrected chi connectivity index (χ0v) is 17.5. The van der Waals surface area contributed by atoms with Gasteiger partial charge in [0.2, 0.25) is 0 Å². The number of hydrogen-bond donors (Lipinski definition) is 0. The van der Waals surface area contributed by atoms with Gasteiger partial charge in [-0.05, 0) is 34.9 Å². The zero-order valence-electron chi connectivity index (χ0n) is 16.4. The lowest BCUT2D eigenvalue weighted by Gasteiger charge is -2.33. The van der Waals surface area contributed by atoms with Crippen LogP contribution in [0.5, 0.6) is 0 Å². The van der Waals surface area contributed by atoms with Gasteiger partial charge in [0.15, 0.2) is 0 Å². The van der Waals surface area contributed by atoms with Crippen molar-refractivity contribution in [1.29, 1.82) is 0 Å². The number of hydrogen-bond acceptors (Lipinski definition) is 1. The molecule has 2 aromatic carbocycles. The van der Waals surface area contributed by atoms with Crippen LogP contribution in [-0.2, 0) is 9.84 Å². The lowest BCUT2D eigenvalue weighted by Crippen LogP contribution is -2.24. The summed E-state index contributed by atoms with van der Waals surface area (Å²) in [6.45, 7) is 11.5. The van der Waals surface area contributed by atoms with Gasteiger partial charge in [0.25, 0.3) is 5.78 Å². The third-order valence-corrected chi connectivity index (χ3v) is 5.29. The highest BCUT2D eigenvalue weighted by Crippen LogP contribution is 2.36. The Morgan fingerprint density at radius 1 is 0.846 bits per heavy atom. The first-order valence-electron chi connectivity index (χ1n) is 9.15. The van der Waals surface area contributed by atoms with Gasteiger partial charge >= 0.3 is 10.0 Å². The first-order valence-corrected chi connectivity index (χ1v) is 10.1. The van der Waals surface area contributed by atoms with E-state index in [4.69, 9.17) is 8.54 Å². The summed E-state index contributed by atoms with van der Waals surface area (Å²) in [4.78, 5) is 0. The van der Waals surface area contributed by atoms with Crippen LogP contribution in [-0.4, -0.2) is 15.8 Å². The fraction of sp³-hybridized carbons (Fsp3) is 0.348. The minimum Gasteiger partial charge on any atom is -0.618 e. The van der Waals surface area contributed by atoms with E-state index < -0.39 is 10.0 Å². The Morgan fingerprint density at radius 2 is 1.50 bits per heavy atom. The fourth-order valence-electron chi connectivity index (χ4n) is 3.73. The highest BCUT2D eigenvalue weighted by molar-refractivity contribution is 6.25. The predicted molar refractivity (Wildman–Crippen MR) is 111 cm³/mol. The molecular weight excluding hydrogens is 336 g/mol. The maximum absolute atomic E-state index is 5.82. The Bertz CT molecular complexity index is 810. The van der Waals surface area contributed by atoms with Crippen molar-refractivity contribution in [2.45, 2.75) is 46.5 Å². The normalized spacial score (nSPS) is 14.8. The Labute approximate surface area is 159 Å². The molecule has 0 radical (unpaired) electrons. The summed E-state index contributed by atoms with van der Waals surface area (Å²) < 4.78 is 11.6. The van der Waals surface area contributed by atoms with Crippen LogP contribution >= 0.6 is 0 Å². The molecular formula is C23H28O2Si. The Kier molecular flexibility index (Phi) is 5.19. The molecule has 0 aliphatic carbocycles. The standard InChI is InChI=1S/C23H28O2Si/c1-22(2,3)16-23(4,5)19-13-11-18(12-14-19)21-15-20(24-26-25-21)17-9-7-6-8-10-17/h6-15,26H,16H2,1-5H3. The van der Waals surface area contributed by atoms with E-state index in [1.165, 1.54) is 5.56 Å². The molecule has 2 nitrogen and oxygen atoms in total. The van der Waals surface area contributed by atoms with E-state index in [1.54, 1.807) is 0 Å². The van der Waals surface area contributed by atoms with Crippen LogP contribution in [0.25, 0.3) is 5.76 Å². The number of carbonyl (C=O) groups excluding carboxylic acids is 1. The molecule has 0 amide bonds. The topological polar surface area (TPSA) is 20.5 Å². The summed E-state index contributed by atoms with van der Waals surface area (Å²) in [7, 11) is -0.526. The van der Waals surface area contributed by atoms with Gasteiger partial charge in [0, 0.05) is 5.56 Å². The van der Waals surface area contributed by atoms with E-state index in [0.29, 0.717) is 5.41 Å². The van der Waals surface area contributed by atoms with Gasteiger partial charge in [-0.25, -0.2) is 0 Å².